The van der Waals surface area contributed by atoms with Crippen molar-refractivity contribution in [3.8, 4) is 0 Å². The van der Waals surface area contributed by atoms with E-state index in [1.54, 1.807) is 0 Å². The van der Waals surface area contributed by atoms with Gasteiger partial charge in [0.1, 0.15) is 0 Å². The molecule has 0 aliphatic carbocycles. The molecular formula is C18H39N5. The van der Waals surface area contributed by atoms with Crippen molar-refractivity contribution in [1.82, 2.24) is 19.7 Å². The molecule has 0 spiro atoms. The van der Waals surface area contributed by atoms with Gasteiger partial charge >= 0.3 is 0 Å². The van der Waals surface area contributed by atoms with Gasteiger partial charge in [0.15, 0.2) is 0 Å². The maximum Gasteiger partial charge on any atom is 0.219 e. The summed E-state index contributed by atoms with van der Waals surface area (Å²) < 4.78 is 0. The Morgan fingerprint density at radius 1 is 0.739 bits per heavy atom. The predicted octanol–water partition coefficient (Wildman–Crippen LogP) is 2.75. The van der Waals surface area contributed by atoms with Crippen LogP contribution in [-0.2, 0) is 0 Å². The second kappa shape index (κ2) is 11.5. The van der Waals surface area contributed by atoms with Crippen molar-refractivity contribution in [1.29, 1.82) is 0 Å². The first-order valence-corrected chi connectivity index (χ1v) is 9.68. The zero-order valence-corrected chi connectivity index (χ0v) is 16.2. The number of rotatable bonds is 9. The van der Waals surface area contributed by atoms with Crippen LogP contribution in [0.3, 0.4) is 0 Å². The van der Waals surface area contributed by atoms with Gasteiger partial charge in [-0.15, -0.1) is 5.10 Å². The van der Waals surface area contributed by atoms with E-state index in [1.807, 2.05) is 0 Å². The maximum absolute atomic E-state index is 5.12. The highest BCUT2D eigenvalue weighted by molar-refractivity contribution is 5.80. The summed E-state index contributed by atoms with van der Waals surface area (Å²) in [5.41, 5.74) is 0. The molecule has 136 valence electrons. The second-order valence-electron chi connectivity index (χ2n) is 6.63. The molecule has 23 heavy (non-hydrogen) atoms. The fourth-order valence-electron chi connectivity index (χ4n) is 3.05. The largest absolute Gasteiger partial charge is 0.341 e. The minimum absolute atomic E-state index is 1.04. The van der Waals surface area contributed by atoms with Crippen molar-refractivity contribution in [2.24, 2.45) is 5.10 Å². The lowest BCUT2D eigenvalue weighted by Gasteiger charge is -2.37. The van der Waals surface area contributed by atoms with E-state index in [1.165, 1.54) is 31.6 Å². The molecule has 0 aromatic rings. The lowest BCUT2D eigenvalue weighted by atomic mass is 10.3. The van der Waals surface area contributed by atoms with Crippen LogP contribution < -0.4 is 0 Å². The van der Waals surface area contributed by atoms with Gasteiger partial charge in [0.25, 0.3) is 0 Å². The standard InChI is InChI=1S/C18H39N5/c1-6-10-21(11-7-2)18(22(12-8-3)13-9-4)19-23-16-14-20(5)15-17-23/h6-17H2,1-5H3. The van der Waals surface area contributed by atoms with Gasteiger partial charge in [0.05, 0.1) is 0 Å². The fourth-order valence-corrected chi connectivity index (χ4v) is 3.05. The Hall–Kier alpha value is -0.970. The first-order valence-electron chi connectivity index (χ1n) is 9.68. The molecule has 1 saturated heterocycles. The van der Waals surface area contributed by atoms with Gasteiger partial charge in [-0.05, 0) is 32.7 Å². The molecule has 0 bridgehead atoms. The third-order valence-corrected chi connectivity index (χ3v) is 4.25. The van der Waals surface area contributed by atoms with Crippen LogP contribution in [0.5, 0.6) is 0 Å². The van der Waals surface area contributed by atoms with Gasteiger partial charge in [0.2, 0.25) is 5.96 Å². The number of guanidine groups is 1. The van der Waals surface area contributed by atoms with Crippen molar-refractivity contribution in [3.05, 3.63) is 0 Å². The van der Waals surface area contributed by atoms with E-state index >= 15 is 0 Å². The molecule has 0 unspecified atom stereocenters. The normalized spacial score (nSPS) is 15.6. The van der Waals surface area contributed by atoms with Crippen LogP contribution in [0.2, 0.25) is 0 Å². The summed E-state index contributed by atoms with van der Waals surface area (Å²) in [5.74, 6) is 1.21. The SMILES string of the molecule is CCCN(CCC)C(=NN1CCN(C)CC1)N(CCC)CCC. The minimum atomic E-state index is 1.04. The molecule has 1 aliphatic rings. The first-order chi connectivity index (χ1) is 11.2. The van der Waals surface area contributed by atoms with Gasteiger partial charge in [-0.25, -0.2) is 0 Å². The summed E-state index contributed by atoms with van der Waals surface area (Å²) in [6.45, 7) is 17.8. The lowest BCUT2D eigenvalue weighted by Crippen LogP contribution is -2.49. The first kappa shape index (κ1) is 20.1. The maximum atomic E-state index is 5.12. The molecule has 1 fully saturated rings. The second-order valence-corrected chi connectivity index (χ2v) is 6.63. The van der Waals surface area contributed by atoms with Crippen molar-refractivity contribution in [2.75, 3.05) is 59.4 Å². The molecule has 0 N–H and O–H groups in total. The van der Waals surface area contributed by atoms with Crippen LogP contribution in [0.4, 0.5) is 0 Å². The van der Waals surface area contributed by atoms with E-state index in [0.717, 1.165) is 52.4 Å². The highest BCUT2D eigenvalue weighted by Gasteiger charge is 2.20. The van der Waals surface area contributed by atoms with Crippen LogP contribution in [0.15, 0.2) is 5.10 Å². The number of hydrazone groups is 1. The van der Waals surface area contributed by atoms with Crippen LogP contribution in [-0.4, -0.2) is 85.1 Å². The van der Waals surface area contributed by atoms with Crippen LogP contribution in [0, 0.1) is 0 Å². The van der Waals surface area contributed by atoms with Crippen molar-refractivity contribution in [2.45, 2.75) is 53.4 Å². The zero-order chi connectivity index (χ0) is 17.1. The van der Waals surface area contributed by atoms with E-state index in [-0.39, 0.29) is 0 Å². The van der Waals surface area contributed by atoms with E-state index < -0.39 is 0 Å². The lowest BCUT2D eigenvalue weighted by molar-refractivity contribution is 0.151. The van der Waals surface area contributed by atoms with Crippen LogP contribution in [0.1, 0.15) is 53.4 Å². The molecular weight excluding hydrogens is 286 g/mol. The Morgan fingerprint density at radius 2 is 1.13 bits per heavy atom. The molecule has 0 aromatic heterocycles. The Morgan fingerprint density at radius 3 is 1.48 bits per heavy atom. The van der Waals surface area contributed by atoms with Crippen molar-refractivity contribution >= 4 is 5.96 Å². The molecule has 1 rings (SSSR count). The number of piperazine rings is 1. The monoisotopic (exact) mass is 325 g/mol. The predicted molar refractivity (Wildman–Crippen MR) is 101 cm³/mol. The molecule has 0 atom stereocenters. The average Bonchev–Trinajstić information content (AvgIpc) is 2.54. The van der Waals surface area contributed by atoms with E-state index in [0.29, 0.717) is 0 Å². The average molecular weight is 326 g/mol. The quantitative estimate of drug-likeness (QED) is 0.481. The summed E-state index contributed by atoms with van der Waals surface area (Å²) in [6, 6.07) is 0. The highest BCUT2D eigenvalue weighted by Crippen LogP contribution is 2.09. The minimum Gasteiger partial charge on any atom is -0.341 e. The molecule has 0 aromatic carbocycles. The molecule has 0 radical (unpaired) electrons. The molecule has 0 saturated carbocycles. The summed E-state index contributed by atoms with van der Waals surface area (Å²) in [7, 11) is 2.20. The van der Waals surface area contributed by atoms with Gasteiger partial charge in [0, 0.05) is 52.4 Å². The summed E-state index contributed by atoms with van der Waals surface area (Å²) in [6.07, 6.45) is 4.70. The molecule has 5 heteroatoms. The van der Waals surface area contributed by atoms with Gasteiger partial charge < -0.3 is 14.7 Å². The topological polar surface area (TPSA) is 25.3 Å². The summed E-state index contributed by atoms with van der Waals surface area (Å²) in [4.78, 5) is 7.39. The molecule has 1 heterocycles. The fraction of sp³-hybridized carbons (Fsp3) is 0.944. The number of likely N-dealkylation sites (N-methyl/N-ethyl adjacent to an activating group) is 1. The Labute approximate surface area is 144 Å². The smallest absolute Gasteiger partial charge is 0.219 e. The molecule has 5 nitrogen and oxygen atoms in total. The zero-order valence-electron chi connectivity index (χ0n) is 16.2. The van der Waals surface area contributed by atoms with Crippen molar-refractivity contribution < 1.29 is 0 Å². The Kier molecular flexibility index (Phi) is 10.1. The molecule has 0 amide bonds. The van der Waals surface area contributed by atoms with Gasteiger partial charge in [-0.2, -0.15) is 0 Å². The number of hydrogen-bond donors (Lipinski definition) is 0. The molecule has 1 aliphatic heterocycles. The van der Waals surface area contributed by atoms with Crippen LogP contribution >= 0.6 is 0 Å². The van der Waals surface area contributed by atoms with E-state index in [4.69, 9.17) is 5.10 Å². The van der Waals surface area contributed by atoms with E-state index in [9.17, 15) is 0 Å². The van der Waals surface area contributed by atoms with Gasteiger partial charge in [-0.1, -0.05) is 27.7 Å². The highest BCUT2D eigenvalue weighted by atomic mass is 15.5. The van der Waals surface area contributed by atoms with Crippen molar-refractivity contribution in [3.63, 3.8) is 0 Å². The summed E-state index contributed by atoms with van der Waals surface area (Å²) >= 11 is 0. The number of hydrogen-bond acceptors (Lipinski definition) is 3. The van der Waals surface area contributed by atoms with Gasteiger partial charge in [-0.3, -0.25) is 5.01 Å². The Balaban J connectivity index is 2.95. The van der Waals surface area contributed by atoms with E-state index in [2.05, 4.69) is 54.5 Å². The summed E-state index contributed by atoms with van der Waals surface area (Å²) in [5, 5.41) is 7.40. The number of nitrogens with zero attached hydrogens (tertiary/aromatic N) is 5. The van der Waals surface area contributed by atoms with Crippen LogP contribution in [0.25, 0.3) is 0 Å². The third kappa shape index (κ3) is 6.98. The third-order valence-electron chi connectivity index (χ3n) is 4.25. The Bertz CT molecular complexity index is 293.